The van der Waals surface area contributed by atoms with E-state index in [1.165, 1.54) is 0 Å². The SMILES string of the molecule is CCCC(CCC)C(=O)N(CC(F)(F)F)C1CCOCC1. The minimum absolute atomic E-state index is 0.287. The van der Waals surface area contributed by atoms with Gasteiger partial charge in [0, 0.05) is 25.2 Å². The summed E-state index contributed by atoms with van der Waals surface area (Å²) >= 11 is 0. The molecule has 1 aliphatic rings. The van der Waals surface area contributed by atoms with Crippen molar-refractivity contribution in [1.29, 1.82) is 0 Å². The molecule has 1 fully saturated rings. The van der Waals surface area contributed by atoms with Crippen LogP contribution in [0.3, 0.4) is 0 Å². The Hall–Kier alpha value is -0.780. The number of nitrogens with zero attached hydrogens (tertiary/aromatic N) is 1. The van der Waals surface area contributed by atoms with Gasteiger partial charge in [-0.25, -0.2) is 0 Å². The number of ether oxygens (including phenoxy) is 1. The van der Waals surface area contributed by atoms with Gasteiger partial charge in [0.25, 0.3) is 0 Å². The van der Waals surface area contributed by atoms with Gasteiger partial charge in [0.1, 0.15) is 6.54 Å². The molecule has 1 heterocycles. The largest absolute Gasteiger partial charge is 0.406 e. The topological polar surface area (TPSA) is 29.5 Å². The lowest BCUT2D eigenvalue weighted by Gasteiger charge is -2.37. The molecule has 0 unspecified atom stereocenters. The van der Waals surface area contributed by atoms with Gasteiger partial charge in [-0.2, -0.15) is 13.2 Å². The Morgan fingerprint density at radius 2 is 1.71 bits per heavy atom. The Morgan fingerprint density at radius 3 is 2.14 bits per heavy atom. The summed E-state index contributed by atoms with van der Waals surface area (Å²) in [7, 11) is 0. The second-order valence-electron chi connectivity index (χ2n) is 5.70. The van der Waals surface area contributed by atoms with E-state index in [9.17, 15) is 18.0 Å². The molecule has 0 N–H and O–H groups in total. The summed E-state index contributed by atoms with van der Waals surface area (Å²) in [6.07, 6.45) is -0.431. The molecule has 0 atom stereocenters. The molecule has 0 saturated carbocycles. The molecule has 0 aromatic rings. The maximum absolute atomic E-state index is 12.8. The summed E-state index contributed by atoms with van der Waals surface area (Å²) in [5, 5.41) is 0. The molecule has 0 radical (unpaired) electrons. The monoisotopic (exact) mass is 309 g/mol. The van der Waals surface area contributed by atoms with Crippen molar-refractivity contribution in [3.8, 4) is 0 Å². The molecular formula is C15H26F3NO2. The van der Waals surface area contributed by atoms with Crippen LogP contribution in [0.1, 0.15) is 52.4 Å². The van der Waals surface area contributed by atoms with Crippen molar-refractivity contribution in [3.05, 3.63) is 0 Å². The number of amides is 1. The Labute approximate surface area is 124 Å². The second kappa shape index (κ2) is 8.61. The second-order valence-corrected chi connectivity index (χ2v) is 5.70. The lowest BCUT2D eigenvalue weighted by molar-refractivity contribution is -0.171. The lowest BCUT2D eigenvalue weighted by Crippen LogP contribution is -2.50. The average Bonchev–Trinajstić information content (AvgIpc) is 2.44. The van der Waals surface area contributed by atoms with E-state index in [1.807, 2.05) is 13.8 Å². The Bertz CT molecular complexity index is 309. The Balaban J connectivity index is 2.83. The zero-order valence-electron chi connectivity index (χ0n) is 12.9. The van der Waals surface area contributed by atoms with Crippen LogP contribution < -0.4 is 0 Å². The molecule has 0 bridgehead atoms. The third-order valence-corrected chi connectivity index (χ3v) is 3.89. The van der Waals surface area contributed by atoms with Crippen LogP contribution in [0.15, 0.2) is 0 Å². The molecule has 6 heteroatoms. The highest BCUT2D eigenvalue weighted by atomic mass is 19.4. The van der Waals surface area contributed by atoms with Gasteiger partial charge < -0.3 is 9.64 Å². The molecule has 124 valence electrons. The van der Waals surface area contributed by atoms with Crippen molar-refractivity contribution in [2.45, 2.75) is 64.6 Å². The molecule has 1 saturated heterocycles. The quantitative estimate of drug-likeness (QED) is 0.716. The molecule has 1 aliphatic heterocycles. The van der Waals surface area contributed by atoms with E-state index in [1.54, 1.807) is 0 Å². The molecule has 3 nitrogen and oxygen atoms in total. The van der Waals surface area contributed by atoms with Crippen molar-refractivity contribution < 1.29 is 22.7 Å². The molecule has 0 aromatic carbocycles. The first-order valence-corrected chi connectivity index (χ1v) is 7.84. The first-order valence-electron chi connectivity index (χ1n) is 7.84. The average molecular weight is 309 g/mol. The fraction of sp³-hybridized carbons (Fsp3) is 0.933. The van der Waals surface area contributed by atoms with Gasteiger partial charge in [-0.3, -0.25) is 4.79 Å². The van der Waals surface area contributed by atoms with Gasteiger partial charge in [-0.15, -0.1) is 0 Å². The summed E-state index contributed by atoms with van der Waals surface area (Å²) in [5.41, 5.74) is 0. The number of hydrogen-bond donors (Lipinski definition) is 0. The van der Waals surface area contributed by atoms with Crippen LogP contribution in [-0.4, -0.2) is 42.8 Å². The molecule has 21 heavy (non-hydrogen) atoms. The van der Waals surface area contributed by atoms with E-state index >= 15 is 0 Å². The Morgan fingerprint density at radius 1 is 1.19 bits per heavy atom. The molecular weight excluding hydrogens is 283 g/mol. The summed E-state index contributed by atoms with van der Waals surface area (Å²) in [4.78, 5) is 13.7. The van der Waals surface area contributed by atoms with Gasteiger partial charge in [-0.1, -0.05) is 26.7 Å². The number of carbonyl (C=O) groups excluding carboxylic acids is 1. The van der Waals surface area contributed by atoms with E-state index in [4.69, 9.17) is 4.74 Å². The van der Waals surface area contributed by atoms with Crippen molar-refractivity contribution in [2.75, 3.05) is 19.8 Å². The number of hydrogen-bond acceptors (Lipinski definition) is 2. The molecule has 1 amide bonds. The highest BCUT2D eigenvalue weighted by Gasteiger charge is 2.38. The number of carbonyl (C=O) groups is 1. The zero-order valence-corrected chi connectivity index (χ0v) is 12.9. The van der Waals surface area contributed by atoms with E-state index in [0.717, 1.165) is 17.7 Å². The van der Waals surface area contributed by atoms with Crippen LogP contribution in [0.5, 0.6) is 0 Å². The van der Waals surface area contributed by atoms with Crippen molar-refractivity contribution in [1.82, 2.24) is 4.90 Å². The zero-order chi connectivity index (χ0) is 15.9. The Kier molecular flexibility index (Phi) is 7.49. The predicted octanol–water partition coefficient (Wildman–Crippen LogP) is 3.77. The summed E-state index contributed by atoms with van der Waals surface area (Å²) < 4.78 is 43.7. The smallest absolute Gasteiger partial charge is 0.381 e. The van der Waals surface area contributed by atoms with Crippen molar-refractivity contribution >= 4 is 5.91 Å². The van der Waals surface area contributed by atoms with Gasteiger partial charge in [-0.05, 0) is 25.7 Å². The third kappa shape index (κ3) is 6.24. The van der Waals surface area contributed by atoms with Crippen LogP contribution in [0.4, 0.5) is 13.2 Å². The van der Waals surface area contributed by atoms with E-state index in [2.05, 4.69) is 0 Å². The van der Waals surface area contributed by atoms with Gasteiger partial charge in [0.2, 0.25) is 5.91 Å². The molecule has 0 aliphatic carbocycles. The lowest BCUT2D eigenvalue weighted by atomic mass is 9.95. The normalized spacial score (nSPS) is 17.2. The number of rotatable bonds is 7. The maximum Gasteiger partial charge on any atom is 0.406 e. The first kappa shape index (κ1) is 18.3. The highest BCUT2D eigenvalue weighted by molar-refractivity contribution is 5.79. The van der Waals surface area contributed by atoms with Gasteiger partial charge in [0.05, 0.1) is 0 Å². The van der Waals surface area contributed by atoms with Crippen LogP contribution in [-0.2, 0) is 9.53 Å². The third-order valence-electron chi connectivity index (χ3n) is 3.89. The van der Waals surface area contributed by atoms with Crippen molar-refractivity contribution in [2.24, 2.45) is 5.92 Å². The highest BCUT2D eigenvalue weighted by Crippen LogP contribution is 2.26. The predicted molar refractivity (Wildman–Crippen MR) is 74.9 cm³/mol. The minimum Gasteiger partial charge on any atom is -0.381 e. The fourth-order valence-corrected chi connectivity index (χ4v) is 2.90. The molecule has 0 aromatic heterocycles. The van der Waals surface area contributed by atoms with E-state index in [0.29, 0.717) is 38.9 Å². The number of halogens is 3. The summed E-state index contributed by atoms with van der Waals surface area (Å²) in [5.74, 6) is -0.617. The van der Waals surface area contributed by atoms with E-state index in [-0.39, 0.29) is 17.9 Å². The summed E-state index contributed by atoms with van der Waals surface area (Å²) in [6.45, 7) is 3.63. The van der Waals surface area contributed by atoms with Crippen LogP contribution >= 0.6 is 0 Å². The maximum atomic E-state index is 12.8. The van der Waals surface area contributed by atoms with Crippen LogP contribution in [0.25, 0.3) is 0 Å². The van der Waals surface area contributed by atoms with Gasteiger partial charge >= 0.3 is 6.18 Å². The summed E-state index contributed by atoms with van der Waals surface area (Å²) in [6, 6.07) is -0.343. The minimum atomic E-state index is -4.35. The van der Waals surface area contributed by atoms with Gasteiger partial charge in [0.15, 0.2) is 0 Å². The standard InChI is InChI=1S/C15H26F3NO2/c1-3-5-12(6-4-2)14(20)19(11-15(16,17)18)13-7-9-21-10-8-13/h12-13H,3-11H2,1-2H3. The molecule has 0 spiro atoms. The fourth-order valence-electron chi connectivity index (χ4n) is 2.90. The molecule has 1 rings (SSSR count). The van der Waals surface area contributed by atoms with E-state index < -0.39 is 12.7 Å². The van der Waals surface area contributed by atoms with Crippen LogP contribution in [0, 0.1) is 5.92 Å². The van der Waals surface area contributed by atoms with Crippen LogP contribution in [0.2, 0.25) is 0 Å². The van der Waals surface area contributed by atoms with Crippen molar-refractivity contribution in [3.63, 3.8) is 0 Å². The number of alkyl halides is 3. The first-order chi connectivity index (χ1) is 9.89.